The molecule has 0 aliphatic heterocycles. The highest BCUT2D eigenvalue weighted by Gasteiger charge is 2.34. The van der Waals surface area contributed by atoms with Gasteiger partial charge in [-0.3, -0.25) is 0 Å². The Morgan fingerprint density at radius 3 is 2.53 bits per heavy atom. The fourth-order valence-corrected chi connectivity index (χ4v) is 1.75. The summed E-state index contributed by atoms with van der Waals surface area (Å²) in [5.74, 6) is 0. The van der Waals surface area contributed by atoms with Gasteiger partial charge in [0.25, 0.3) is 0 Å². The van der Waals surface area contributed by atoms with E-state index in [0.29, 0.717) is 6.42 Å². The summed E-state index contributed by atoms with van der Waals surface area (Å²) in [6.07, 6.45) is -4.14. The molecule has 1 aromatic carbocycles. The third kappa shape index (κ3) is 3.75. The second-order valence-corrected chi connectivity index (χ2v) is 4.43. The summed E-state index contributed by atoms with van der Waals surface area (Å²) in [5, 5.41) is 0.0450. The molecule has 0 saturated heterocycles. The Hall–Kier alpha value is -1.00. The molecule has 0 aliphatic rings. The number of benzene rings is 1. The Morgan fingerprint density at radius 2 is 2.06 bits per heavy atom. The maximum Gasteiger partial charge on any atom is 0.416 e. The van der Waals surface area contributed by atoms with Gasteiger partial charge in [0.1, 0.15) is 0 Å². The van der Waals surface area contributed by atoms with Gasteiger partial charge in [0, 0.05) is 11.1 Å². The highest BCUT2D eigenvalue weighted by Crippen LogP contribution is 2.36. The van der Waals surface area contributed by atoms with Gasteiger partial charge in [-0.05, 0) is 31.0 Å². The van der Waals surface area contributed by atoms with Crippen molar-refractivity contribution in [3.05, 3.63) is 46.5 Å². The van der Waals surface area contributed by atoms with Crippen LogP contribution in [-0.2, 0) is 6.18 Å². The molecule has 0 aromatic heterocycles. The quantitative estimate of drug-likeness (QED) is 0.808. The smallest absolute Gasteiger partial charge is 0.324 e. The van der Waals surface area contributed by atoms with E-state index >= 15 is 0 Å². The minimum Gasteiger partial charge on any atom is -0.324 e. The zero-order valence-corrected chi connectivity index (χ0v) is 10.1. The lowest BCUT2D eigenvalue weighted by Crippen LogP contribution is -2.17. The molecular weight excluding hydrogens is 251 g/mol. The van der Waals surface area contributed by atoms with E-state index in [0.717, 1.165) is 11.6 Å². The first kappa shape index (κ1) is 14.1. The second kappa shape index (κ2) is 5.10. The molecule has 0 fully saturated rings. The Balaban J connectivity index is 3.19. The maximum atomic E-state index is 12.8. The van der Waals surface area contributed by atoms with E-state index < -0.39 is 17.8 Å². The predicted octanol–water partition coefficient (Wildman–Crippen LogP) is 4.32. The summed E-state index contributed by atoms with van der Waals surface area (Å²) in [5.41, 5.74) is 5.74. The van der Waals surface area contributed by atoms with Crippen LogP contribution in [0, 0.1) is 0 Å². The van der Waals surface area contributed by atoms with Gasteiger partial charge in [0.15, 0.2) is 0 Å². The maximum absolute atomic E-state index is 12.8. The zero-order valence-electron chi connectivity index (χ0n) is 9.31. The number of alkyl halides is 3. The van der Waals surface area contributed by atoms with Crippen molar-refractivity contribution in [2.75, 3.05) is 0 Å². The van der Waals surface area contributed by atoms with Crippen molar-refractivity contribution in [2.45, 2.75) is 25.6 Å². The molecule has 1 rings (SSSR count). The molecule has 0 radical (unpaired) electrons. The van der Waals surface area contributed by atoms with Crippen LogP contribution in [0.5, 0.6) is 0 Å². The molecule has 1 aromatic rings. The van der Waals surface area contributed by atoms with E-state index in [-0.39, 0.29) is 10.6 Å². The van der Waals surface area contributed by atoms with Crippen LogP contribution in [0.15, 0.2) is 30.4 Å². The summed E-state index contributed by atoms with van der Waals surface area (Å²) in [7, 11) is 0. The fourth-order valence-electron chi connectivity index (χ4n) is 1.58. The lowest BCUT2D eigenvalue weighted by molar-refractivity contribution is -0.138. The number of hydrogen-bond acceptors (Lipinski definition) is 1. The Kier molecular flexibility index (Phi) is 4.22. The van der Waals surface area contributed by atoms with Gasteiger partial charge in [-0.1, -0.05) is 23.2 Å². The number of halogens is 4. The molecular formula is C12H13ClF3N. The molecule has 0 saturated carbocycles. The molecule has 0 bridgehead atoms. The minimum atomic E-state index is -4.45. The van der Waals surface area contributed by atoms with Crippen molar-refractivity contribution in [3.8, 4) is 0 Å². The van der Waals surface area contributed by atoms with Crippen LogP contribution in [0.25, 0.3) is 0 Å². The summed E-state index contributed by atoms with van der Waals surface area (Å²) in [4.78, 5) is 0. The van der Waals surface area contributed by atoms with Crippen molar-refractivity contribution in [1.29, 1.82) is 0 Å². The van der Waals surface area contributed by atoms with Crippen LogP contribution in [0.1, 0.15) is 30.5 Å². The van der Waals surface area contributed by atoms with Crippen LogP contribution >= 0.6 is 11.6 Å². The summed E-state index contributed by atoms with van der Waals surface area (Å²) >= 11 is 5.57. The van der Waals surface area contributed by atoms with Gasteiger partial charge < -0.3 is 5.73 Å². The van der Waals surface area contributed by atoms with Crippen molar-refractivity contribution in [2.24, 2.45) is 5.73 Å². The lowest BCUT2D eigenvalue weighted by atomic mass is 9.96. The van der Waals surface area contributed by atoms with E-state index in [1.165, 1.54) is 12.1 Å². The molecule has 0 aliphatic carbocycles. The van der Waals surface area contributed by atoms with Gasteiger partial charge in [-0.25, -0.2) is 0 Å². The molecule has 0 heterocycles. The van der Waals surface area contributed by atoms with E-state index in [4.69, 9.17) is 17.3 Å². The third-order valence-electron chi connectivity index (χ3n) is 2.29. The molecule has 1 atom stereocenters. The van der Waals surface area contributed by atoms with Crippen molar-refractivity contribution < 1.29 is 13.2 Å². The molecule has 5 heteroatoms. The molecule has 17 heavy (non-hydrogen) atoms. The summed E-state index contributed by atoms with van der Waals surface area (Å²) in [6, 6.07) is 2.90. The number of nitrogens with two attached hydrogens (primary N) is 1. The topological polar surface area (TPSA) is 26.0 Å². The molecule has 2 N–H and O–H groups in total. The lowest BCUT2D eigenvalue weighted by Gasteiger charge is -2.18. The van der Waals surface area contributed by atoms with Gasteiger partial charge in [0.2, 0.25) is 0 Å². The van der Waals surface area contributed by atoms with Crippen LogP contribution in [0.4, 0.5) is 13.2 Å². The van der Waals surface area contributed by atoms with Crippen molar-refractivity contribution >= 4 is 11.6 Å². The highest BCUT2D eigenvalue weighted by atomic mass is 35.5. The van der Waals surface area contributed by atoms with Crippen LogP contribution in [-0.4, -0.2) is 0 Å². The fraction of sp³-hybridized carbons (Fsp3) is 0.333. The normalized spacial score (nSPS) is 13.5. The van der Waals surface area contributed by atoms with Crippen LogP contribution in [0.3, 0.4) is 0 Å². The minimum absolute atomic E-state index is 0.0450. The van der Waals surface area contributed by atoms with Crippen molar-refractivity contribution in [1.82, 2.24) is 0 Å². The Bertz CT molecular complexity index is 426. The third-order valence-corrected chi connectivity index (χ3v) is 2.52. The Morgan fingerprint density at radius 1 is 1.47 bits per heavy atom. The van der Waals surface area contributed by atoms with Gasteiger partial charge >= 0.3 is 6.18 Å². The summed E-state index contributed by atoms with van der Waals surface area (Å²) in [6.45, 7) is 5.37. The zero-order chi connectivity index (χ0) is 13.2. The Labute approximate surface area is 103 Å². The van der Waals surface area contributed by atoms with Gasteiger partial charge in [0.05, 0.1) is 5.56 Å². The molecule has 1 nitrogen and oxygen atoms in total. The average molecular weight is 264 g/mol. The summed E-state index contributed by atoms with van der Waals surface area (Å²) < 4.78 is 38.4. The van der Waals surface area contributed by atoms with Crippen LogP contribution < -0.4 is 5.73 Å². The largest absolute Gasteiger partial charge is 0.416 e. The van der Waals surface area contributed by atoms with E-state index in [9.17, 15) is 13.2 Å². The van der Waals surface area contributed by atoms with E-state index in [2.05, 4.69) is 6.58 Å². The molecule has 0 spiro atoms. The first-order valence-corrected chi connectivity index (χ1v) is 5.36. The van der Waals surface area contributed by atoms with Gasteiger partial charge in [-0.2, -0.15) is 13.2 Å². The van der Waals surface area contributed by atoms with Crippen molar-refractivity contribution in [3.63, 3.8) is 0 Å². The monoisotopic (exact) mass is 263 g/mol. The second-order valence-electron chi connectivity index (χ2n) is 4.00. The standard InChI is InChI=1S/C12H13ClF3N/c1-7(2)5-11(17)9-4-3-8(13)6-10(9)12(14,15)16/h3-4,6,11H,1,5,17H2,2H3/t11-/m0/s1. The van der Waals surface area contributed by atoms with E-state index in [1.54, 1.807) is 6.92 Å². The predicted molar refractivity (Wildman–Crippen MR) is 62.8 cm³/mol. The SMILES string of the molecule is C=C(C)C[C@H](N)c1ccc(Cl)cc1C(F)(F)F. The highest BCUT2D eigenvalue weighted by molar-refractivity contribution is 6.30. The van der Waals surface area contributed by atoms with Crippen LogP contribution in [0.2, 0.25) is 5.02 Å². The van der Waals surface area contributed by atoms with E-state index in [1.807, 2.05) is 0 Å². The first-order chi connectivity index (χ1) is 7.71. The molecule has 94 valence electrons. The number of rotatable bonds is 3. The average Bonchev–Trinajstić information content (AvgIpc) is 2.14. The molecule has 0 unspecified atom stereocenters. The molecule has 0 amide bonds. The number of hydrogen-bond donors (Lipinski definition) is 1. The van der Waals surface area contributed by atoms with Gasteiger partial charge in [-0.15, -0.1) is 6.58 Å². The first-order valence-electron chi connectivity index (χ1n) is 4.98.